The van der Waals surface area contributed by atoms with E-state index in [1.165, 1.54) is 12.5 Å². The molecule has 25 heavy (non-hydrogen) atoms. The fraction of sp³-hybridized carbons (Fsp3) is 0.158. The molecule has 0 fully saturated rings. The van der Waals surface area contributed by atoms with Gasteiger partial charge in [0.15, 0.2) is 0 Å². The average molecular weight is 356 g/mol. The third kappa shape index (κ3) is 3.83. The molecule has 0 unspecified atom stereocenters. The number of aryl methyl sites for hydroxylation is 1. The van der Waals surface area contributed by atoms with Crippen LogP contribution in [-0.4, -0.2) is 16.8 Å². The van der Waals surface area contributed by atoms with Crippen molar-refractivity contribution in [3.05, 3.63) is 58.7 Å². The summed E-state index contributed by atoms with van der Waals surface area (Å²) >= 11 is 6.13. The van der Waals surface area contributed by atoms with Crippen LogP contribution in [0.4, 0.5) is 11.4 Å². The molecular weight excluding hydrogens is 338 g/mol. The van der Waals surface area contributed by atoms with Crippen molar-refractivity contribution in [2.45, 2.75) is 20.3 Å². The molecule has 2 amide bonds. The zero-order chi connectivity index (χ0) is 18.0. The van der Waals surface area contributed by atoms with E-state index in [2.05, 4.69) is 28.6 Å². The summed E-state index contributed by atoms with van der Waals surface area (Å²) in [4.78, 5) is 26.7. The normalized spacial score (nSPS) is 10.7. The van der Waals surface area contributed by atoms with Gasteiger partial charge in [-0.1, -0.05) is 30.7 Å². The molecule has 0 spiro atoms. The summed E-state index contributed by atoms with van der Waals surface area (Å²) in [6.45, 7) is 3.50. The van der Waals surface area contributed by atoms with E-state index in [4.69, 9.17) is 11.6 Å². The summed E-state index contributed by atoms with van der Waals surface area (Å²) in [6.07, 6.45) is 0.940. The lowest BCUT2D eigenvalue weighted by atomic mass is 10.1. The molecule has 0 saturated heterocycles. The second kappa shape index (κ2) is 6.99. The van der Waals surface area contributed by atoms with Crippen LogP contribution in [0.3, 0.4) is 0 Å². The third-order valence-electron chi connectivity index (χ3n) is 3.88. The van der Waals surface area contributed by atoms with Gasteiger partial charge in [0.2, 0.25) is 5.91 Å². The first-order chi connectivity index (χ1) is 12.0. The van der Waals surface area contributed by atoms with Crippen LogP contribution in [0.15, 0.2) is 42.5 Å². The number of fused-ring (bicyclic) bond motifs is 1. The highest BCUT2D eigenvalue weighted by Crippen LogP contribution is 2.26. The minimum Gasteiger partial charge on any atom is -0.351 e. The highest BCUT2D eigenvalue weighted by molar-refractivity contribution is 6.34. The standard InChI is InChI=1S/C19H18ClN3O2/c1-3-12-4-5-13-9-18(23-17(13)8-12)19(25)22-14-6-7-16(15(20)10-14)21-11(2)24/h4-10,23H,3H2,1-2H3,(H,21,24)(H,22,25). The lowest BCUT2D eigenvalue weighted by Crippen LogP contribution is -2.12. The van der Waals surface area contributed by atoms with Crippen molar-refractivity contribution in [1.29, 1.82) is 0 Å². The van der Waals surface area contributed by atoms with Crippen molar-refractivity contribution in [2.75, 3.05) is 10.6 Å². The zero-order valence-corrected chi connectivity index (χ0v) is 14.7. The summed E-state index contributed by atoms with van der Waals surface area (Å²) < 4.78 is 0. The molecule has 0 aliphatic rings. The van der Waals surface area contributed by atoms with E-state index < -0.39 is 0 Å². The number of nitrogens with one attached hydrogen (secondary N) is 3. The molecule has 1 heterocycles. The van der Waals surface area contributed by atoms with Gasteiger partial charge in [-0.25, -0.2) is 0 Å². The Kier molecular flexibility index (Phi) is 4.76. The van der Waals surface area contributed by atoms with Gasteiger partial charge >= 0.3 is 0 Å². The van der Waals surface area contributed by atoms with Crippen LogP contribution >= 0.6 is 11.6 Å². The van der Waals surface area contributed by atoms with E-state index in [1.54, 1.807) is 18.2 Å². The van der Waals surface area contributed by atoms with E-state index in [0.29, 0.717) is 22.1 Å². The van der Waals surface area contributed by atoms with Gasteiger partial charge in [-0.05, 0) is 42.3 Å². The number of benzene rings is 2. The van der Waals surface area contributed by atoms with E-state index >= 15 is 0 Å². The molecule has 3 N–H and O–H groups in total. The predicted octanol–water partition coefficient (Wildman–Crippen LogP) is 4.59. The first kappa shape index (κ1) is 17.0. The Morgan fingerprint density at radius 3 is 2.56 bits per heavy atom. The largest absolute Gasteiger partial charge is 0.351 e. The van der Waals surface area contributed by atoms with Crippen molar-refractivity contribution in [1.82, 2.24) is 4.98 Å². The van der Waals surface area contributed by atoms with Gasteiger partial charge in [0.05, 0.1) is 10.7 Å². The van der Waals surface area contributed by atoms with Crippen LogP contribution in [0.25, 0.3) is 10.9 Å². The van der Waals surface area contributed by atoms with Gasteiger partial charge in [0.25, 0.3) is 5.91 Å². The van der Waals surface area contributed by atoms with Crippen LogP contribution in [0.5, 0.6) is 0 Å². The van der Waals surface area contributed by atoms with Crippen LogP contribution < -0.4 is 10.6 Å². The van der Waals surface area contributed by atoms with Crippen LogP contribution in [0.2, 0.25) is 5.02 Å². The predicted molar refractivity (Wildman–Crippen MR) is 101 cm³/mol. The SMILES string of the molecule is CCc1ccc2cc(C(=O)Nc3ccc(NC(C)=O)c(Cl)c3)[nH]c2c1. The summed E-state index contributed by atoms with van der Waals surface area (Å²) in [6, 6.07) is 12.9. The zero-order valence-electron chi connectivity index (χ0n) is 13.9. The smallest absolute Gasteiger partial charge is 0.272 e. The number of carbonyl (C=O) groups excluding carboxylic acids is 2. The van der Waals surface area contributed by atoms with Crippen molar-refractivity contribution >= 4 is 45.7 Å². The Morgan fingerprint density at radius 2 is 1.88 bits per heavy atom. The molecule has 0 aliphatic carbocycles. The number of halogens is 1. The topological polar surface area (TPSA) is 74.0 Å². The molecule has 0 atom stereocenters. The maximum Gasteiger partial charge on any atom is 0.272 e. The molecule has 0 radical (unpaired) electrons. The summed E-state index contributed by atoms with van der Waals surface area (Å²) in [5.74, 6) is -0.458. The quantitative estimate of drug-likeness (QED) is 0.640. The van der Waals surface area contributed by atoms with Crippen molar-refractivity contribution < 1.29 is 9.59 Å². The molecule has 5 nitrogen and oxygen atoms in total. The Morgan fingerprint density at radius 1 is 1.08 bits per heavy atom. The number of hydrogen-bond acceptors (Lipinski definition) is 2. The number of amides is 2. The fourth-order valence-electron chi connectivity index (χ4n) is 2.60. The molecule has 0 bridgehead atoms. The van der Waals surface area contributed by atoms with E-state index in [1.807, 2.05) is 18.2 Å². The Labute approximate surface area is 150 Å². The highest BCUT2D eigenvalue weighted by Gasteiger charge is 2.11. The third-order valence-corrected chi connectivity index (χ3v) is 4.19. The van der Waals surface area contributed by atoms with Gasteiger partial charge in [-0.2, -0.15) is 0 Å². The first-order valence-corrected chi connectivity index (χ1v) is 8.34. The van der Waals surface area contributed by atoms with Crippen molar-refractivity contribution in [3.8, 4) is 0 Å². The molecule has 6 heteroatoms. The number of hydrogen-bond donors (Lipinski definition) is 3. The summed E-state index contributed by atoms with van der Waals surface area (Å²) in [5.41, 5.74) is 3.68. The number of aromatic nitrogens is 1. The van der Waals surface area contributed by atoms with Crippen molar-refractivity contribution in [2.24, 2.45) is 0 Å². The minimum absolute atomic E-state index is 0.205. The number of anilines is 2. The minimum atomic E-state index is -0.252. The maximum absolute atomic E-state index is 12.5. The van der Waals surface area contributed by atoms with Crippen LogP contribution in [0.1, 0.15) is 29.9 Å². The van der Waals surface area contributed by atoms with Gasteiger partial charge in [-0.15, -0.1) is 0 Å². The Bertz CT molecular complexity index is 962. The van der Waals surface area contributed by atoms with Gasteiger partial charge in [0.1, 0.15) is 5.69 Å². The lowest BCUT2D eigenvalue weighted by Gasteiger charge is -2.08. The van der Waals surface area contributed by atoms with Gasteiger partial charge < -0.3 is 15.6 Å². The molecule has 0 saturated carbocycles. The number of rotatable bonds is 4. The number of H-pyrrole nitrogens is 1. The fourth-order valence-corrected chi connectivity index (χ4v) is 2.83. The maximum atomic E-state index is 12.5. The molecule has 128 valence electrons. The summed E-state index contributed by atoms with van der Waals surface area (Å²) in [5, 5.41) is 6.77. The molecule has 1 aromatic heterocycles. The lowest BCUT2D eigenvalue weighted by molar-refractivity contribution is -0.114. The van der Waals surface area contributed by atoms with E-state index in [0.717, 1.165) is 17.3 Å². The first-order valence-electron chi connectivity index (χ1n) is 7.96. The van der Waals surface area contributed by atoms with Gasteiger partial charge in [-0.3, -0.25) is 9.59 Å². The van der Waals surface area contributed by atoms with E-state index in [9.17, 15) is 9.59 Å². The Hall–Kier alpha value is -2.79. The second-order valence-electron chi connectivity index (χ2n) is 5.79. The summed E-state index contributed by atoms with van der Waals surface area (Å²) in [7, 11) is 0. The molecule has 0 aliphatic heterocycles. The molecule has 3 rings (SSSR count). The highest BCUT2D eigenvalue weighted by atomic mass is 35.5. The Balaban J connectivity index is 1.80. The second-order valence-corrected chi connectivity index (χ2v) is 6.20. The number of aromatic amines is 1. The monoisotopic (exact) mass is 355 g/mol. The van der Waals surface area contributed by atoms with Crippen LogP contribution in [0, 0.1) is 0 Å². The van der Waals surface area contributed by atoms with Crippen LogP contribution in [-0.2, 0) is 11.2 Å². The molecular formula is C19H18ClN3O2. The molecule has 3 aromatic rings. The van der Waals surface area contributed by atoms with Gasteiger partial charge in [0, 0.05) is 23.5 Å². The number of carbonyl (C=O) groups is 2. The van der Waals surface area contributed by atoms with Crippen molar-refractivity contribution in [3.63, 3.8) is 0 Å². The molecule has 2 aromatic carbocycles. The average Bonchev–Trinajstić information content (AvgIpc) is 3.00. The van der Waals surface area contributed by atoms with E-state index in [-0.39, 0.29) is 11.8 Å².